The van der Waals surface area contributed by atoms with Crippen molar-refractivity contribution in [1.29, 1.82) is 0 Å². The Morgan fingerprint density at radius 3 is 2.57 bits per heavy atom. The first-order valence-electron chi connectivity index (χ1n) is 7.71. The first-order chi connectivity index (χ1) is 10.0. The predicted molar refractivity (Wildman–Crippen MR) is 84.4 cm³/mol. The van der Waals surface area contributed by atoms with E-state index in [0.717, 1.165) is 37.2 Å². The molecular formula is C17H26N2O2. The van der Waals surface area contributed by atoms with Crippen molar-refractivity contribution < 1.29 is 9.53 Å². The monoisotopic (exact) mass is 290 g/mol. The Kier molecular flexibility index (Phi) is 5.23. The lowest BCUT2D eigenvalue weighted by atomic mass is 9.90. The molecule has 1 aliphatic rings. The number of nitrogens with zero attached hydrogens (tertiary/aromatic N) is 1. The quantitative estimate of drug-likeness (QED) is 0.926. The minimum Gasteiger partial charge on any atom is -0.497 e. The van der Waals surface area contributed by atoms with Gasteiger partial charge in [-0.15, -0.1) is 0 Å². The number of ether oxygens (including phenoxy) is 1. The molecule has 4 nitrogen and oxygen atoms in total. The summed E-state index contributed by atoms with van der Waals surface area (Å²) in [6, 6.07) is 7.98. The zero-order valence-electron chi connectivity index (χ0n) is 13.2. The fourth-order valence-corrected chi connectivity index (χ4v) is 2.97. The third-order valence-corrected chi connectivity index (χ3v) is 4.56. The maximum absolute atomic E-state index is 12.6. The van der Waals surface area contributed by atoms with Gasteiger partial charge < -0.3 is 15.4 Å². The van der Waals surface area contributed by atoms with Crippen LogP contribution in [-0.2, 0) is 4.79 Å². The summed E-state index contributed by atoms with van der Waals surface area (Å²) >= 11 is 0. The Bertz CT molecular complexity index is 479. The van der Waals surface area contributed by atoms with Crippen LogP contribution in [0, 0.1) is 5.92 Å². The molecule has 0 radical (unpaired) electrons. The molecule has 2 atom stereocenters. The molecule has 0 aromatic heterocycles. The van der Waals surface area contributed by atoms with Gasteiger partial charge in [0.15, 0.2) is 0 Å². The van der Waals surface area contributed by atoms with E-state index in [2.05, 4.69) is 6.92 Å². The lowest BCUT2D eigenvalue weighted by molar-refractivity contribution is -0.133. The standard InChI is InChI=1S/C17H26N2O2/c1-12(15-5-4-6-16(11-15)21-3)17(20)19-9-7-14(8-10-19)13(2)18/h4-6,11-14H,7-10,18H2,1-3H3. The highest BCUT2D eigenvalue weighted by atomic mass is 16.5. The molecule has 2 rings (SSSR count). The van der Waals surface area contributed by atoms with E-state index >= 15 is 0 Å². The summed E-state index contributed by atoms with van der Waals surface area (Å²) in [5, 5.41) is 0. The molecule has 21 heavy (non-hydrogen) atoms. The lowest BCUT2D eigenvalue weighted by Crippen LogP contribution is -2.43. The van der Waals surface area contributed by atoms with Crippen LogP contribution in [0.2, 0.25) is 0 Å². The second kappa shape index (κ2) is 6.94. The van der Waals surface area contributed by atoms with E-state index in [1.807, 2.05) is 36.1 Å². The van der Waals surface area contributed by atoms with Crippen LogP contribution >= 0.6 is 0 Å². The van der Waals surface area contributed by atoms with E-state index in [0.29, 0.717) is 5.92 Å². The average Bonchev–Trinajstić information content (AvgIpc) is 2.53. The van der Waals surface area contributed by atoms with Crippen LogP contribution in [0.1, 0.15) is 38.2 Å². The molecule has 4 heteroatoms. The maximum Gasteiger partial charge on any atom is 0.229 e. The third kappa shape index (κ3) is 3.76. The molecule has 0 saturated carbocycles. The number of likely N-dealkylation sites (tertiary alicyclic amines) is 1. The van der Waals surface area contributed by atoms with Crippen molar-refractivity contribution in [2.75, 3.05) is 20.2 Å². The number of nitrogens with two attached hydrogens (primary N) is 1. The number of benzene rings is 1. The van der Waals surface area contributed by atoms with Gasteiger partial charge in [0, 0.05) is 19.1 Å². The van der Waals surface area contributed by atoms with Crippen LogP contribution < -0.4 is 10.5 Å². The van der Waals surface area contributed by atoms with Crippen LogP contribution in [0.15, 0.2) is 24.3 Å². The minimum absolute atomic E-state index is 0.132. The van der Waals surface area contributed by atoms with Crippen LogP contribution in [0.25, 0.3) is 0 Å². The summed E-state index contributed by atoms with van der Waals surface area (Å²) < 4.78 is 5.23. The molecule has 0 bridgehead atoms. The summed E-state index contributed by atoms with van der Waals surface area (Å²) in [6.07, 6.45) is 2.02. The topological polar surface area (TPSA) is 55.6 Å². The molecule has 0 aliphatic carbocycles. The van der Waals surface area contributed by atoms with E-state index in [-0.39, 0.29) is 17.9 Å². The molecule has 1 aromatic rings. The highest BCUT2D eigenvalue weighted by molar-refractivity contribution is 5.83. The normalized spacial score (nSPS) is 19.1. The molecule has 1 heterocycles. The van der Waals surface area contributed by atoms with Gasteiger partial charge >= 0.3 is 0 Å². The number of rotatable bonds is 4. The second-order valence-corrected chi connectivity index (χ2v) is 6.02. The number of hydrogen-bond acceptors (Lipinski definition) is 3. The first-order valence-corrected chi connectivity index (χ1v) is 7.71. The number of carbonyl (C=O) groups excluding carboxylic acids is 1. The van der Waals surface area contributed by atoms with Crippen molar-refractivity contribution in [3.05, 3.63) is 29.8 Å². The van der Waals surface area contributed by atoms with Gasteiger partial charge in [-0.1, -0.05) is 12.1 Å². The number of hydrogen-bond donors (Lipinski definition) is 1. The molecule has 1 aromatic carbocycles. The Hall–Kier alpha value is -1.55. The van der Waals surface area contributed by atoms with Crippen molar-refractivity contribution >= 4 is 5.91 Å². The summed E-state index contributed by atoms with van der Waals surface area (Å²) in [6.45, 7) is 5.66. The van der Waals surface area contributed by atoms with Gasteiger partial charge in [-0.2, -0.15) is 0 Å². The first kappa shape index (κ1) is 15.8. The molecule has 116 valence electrons. The summed E-state index contributed by atoms with van der Waals surface area (Å²) in [5.74, 6) is 1.40. The molecule has 1 aliphatic heterocycles. The average molecular weight is 290 g/mol. The van der Waals surface area contributed by atoms with Gasteiger partial charge in [-0.3, -0.25) is 4.79 Å². The van der Waals surface area contributed by atoms with Crippen LogP contribution in [0.4, 0.5) is 0 Å². The zero-order chi connectivity index (χ0) is 15.4. The van der Waals surface area contributed by atoms with E-state index in [4.69, 9.17) is 10.5 Å². The summed E-state index contributed by atoms with van der Waals surface area (Å²) in [4.78, 5) is 14.6. The van der Waals surface area contributed by atoms with E-state index in [9.17, 15) is 4.79 Å². The van der Waals surface area contributed by atoms with Gasteiger partial charge in [0.05, 0.1) is 13.0 Å². The minimum atomic E-state index is -0.132. The van der Waals surface area contributed by atoms with Gasteiger partial charge in [0.25, 0.3) is 0 Å². The SMILES string of the molecule is COc1cccc(C(C)C(=O)N2CCC(C(C)N)CC2)c1. The highest BCUT2D eigenvalue weighted by Gasteiger charge is 2.28. The largest absolute Gasteiger partial charge is 0.497 e. The zero-order valence-corrected chi connectivity index (χ0v) is 13.2. The van der Waals surface area contributed by atoms with E-state index < -0.39 is 0 Å². The second-order valence-electron chi connectivity index (χ2n) is 6.02. The van der Waals surface area contributed by atoms with Gasteiger partial charge in [-0.25, -0.2) is 0 Å². The fraction of sp³-hybridized carbons (Fsp3) is 0.588. The summed E-state index contributed by atoms with van der Waals surface area (Å²) in [7, 11) is 1.64. The molecule has 1 amide bonds. The van der Waals surface area contributed by atoms with Gasteiger partial charge in [-0.05, 0) is 50.3 Å². The van der Waals surface area contributed by atoms with Crippen molar-refractivity contribution in [2.24, 2.45) is 11.7 Å². The van der Waals surface area contributed by atoms with Gasteiger partial charge in [0.2, 0.25) is 5.91 Å². The van der Waals surface area contributed by atoms with Crippen LogP contribution in [0.5, 0.6) is 5.75 Å². The number of carbonyl (C=O) groups is 1. The number of amides is 1. The Balaban J connectivity index is 1.99. The molecule has 1 saturated heterocycles. The van der Waals surface area contributed by atoms with Crippen LogP contribution in [-0.4, -0.2) is 37.0 Å². The Morgan fingerprint density at radius 1 is 1.33 bits per heavy atom. The molecule has 2 unspecified atom stereocenters. The summed E-state index contributed by atoms with van der Waals surface area (Å²) in [5.41, 5.74) is 6.96. The maximum atomic E-state index is 12.6. The van der Waals surface area contributed by atoms with E-state index in [1.165, 1.54) is 0 Å². The van der Waals surface area contributed by atoms with Crippen molar-refractivity contribution in [2.45, 2.75) is 38.6 Å². The number of piperidine rings is 1. The highest BCUT2D eigenvalue weighted by Crippen LogP contribution is 2.26. The Labute approximate surface area is 127 Å². The number of methoxy groups -OCH3 is 1. The van der Waals surface area contributed by atoms with Crippen molar-refractivity contribution in [1.82, 2.24) is 4.90 Å². The molecule has 0 spiro atoms. The van der Waals surface area contributed by atoms with Gasteiger partial charge in [0.1, 0.15) is 5.75 Å². The van der Waals surface area contributed by atoms with Crippen molar-refractivity contribution in [3.8, 4) is 5.75 Å². The van der Waals surface area contributed by atoms with Crippen molar-refractivity contribution in [3.63, 3.8) is 0 Å². The molecule has 1 fully saturated rings. The van der Waals surface area contributed by atoms with Crippen LogP contribution in [0.3, 0.4) is 0 Å². The molecular weight excluding hydrogens is 264 g/mol. The molecule has 2 N–H and O–H groups in total. The smallest absolute Gasteiger partial charge is 0.229 e. The third-order valence-electron chi connectivity index (χ3n) is 4.56. The Morgan fingerprint density at radius 2 is 2.00 bits per heavy atom. The van der Waals surface area contributed by atoms with E-state index in [1.54, 1.807) is 7.11 Å². The lowest BCUT2D eigenvalue weighted by Gasteiger charge is -2.35. The predicted octanol–water partition coefficient (Wildman–Crippen LogP) is 2.38. The fourth-order valence-electron chi connectivity index (χ4n) is 2.97.